The Labute approximate surface area is 173 Å². The number of nitrogens with zero attached hydrogens (tertiary/aromatic N) is 3. The number of hydrogen-bond donors (Lipinski definition) is 0. The first kappa shape index (κ1) is 20.8. The van der Waals surface area contributed by atoms with Crippen molar-refractivity contribution in [3.05, 3.63) is 92.7 Å². The standard InChI is InChI=1S/C23H21N3O4/c1-15-9-20(16(2)26(15)12-17-7-5-4-6-8-17)21(27)14-25-13-19(23(29)30-3)10-18(11-24)22(25)28/h4-10,13H,12,14H2,1-3H3. The van der Waals surface area contributed by atoms with Crippen LogP contribution in [0.3, 0.4) is 0 Å². The van der Waals surface area contributed by atoms with Crippen molar-refractivity contribution in [3.63, 3.8) is 0 Å². The Kier molecular flexibility index (Phi) is 5.98. The number of ketones is 1. The fraction of sp³-hybridized carbons (Fsp3) is 0.217. The number of hydrogen-bond acceptors (Lipinski definition) is 5. The molecule has 3 aromatic rings. The third-order valence-corrected chi connectivity index (χ3v) is 5.00. The van der Waals surface area contributed by atoms with E-state index in [1.54, 1.807) is 12.1 Å². The molecular formula is C23H21N3O4. The van der Waals surface area contributed by atoms with Crippen molar-refractivity contribution in [2.45, 2.75) is 26.9 Å². The third kappa shape index (κ3) is 4.08. The van der Waals surface area contributed by atoms with Crippen molar-refractivity contribution < 1.29 is 14.3 Å². The van der Waals surface area contributed by atoms with Crippen LogP contribution >= 0.6 is 0 Å². The molecule has 0 saturated heterocycles. The number of Topliss-reactive ketones (excluding diaryl/α,β-unsaturated/α-hetero) is 1. The van der Waals surface area contributed by atoms with Crippen molar-refractivity contribution in [2.24, 2.45) is 0 Å². The first-order valence-corrected chi connectivity index (χ1v) is 9.32. The number of benzene rings is 1. The summed E-state index contributed by atoms with van der Waals surface area (Å²) in [6.07, 6.45) is 1.25. The zero-order valence-electron chi connectivity index (χ0n) is 17.0. The van der Waals surface area contributed by atoms with E-state index < -0.39 is 11.5 Å². The molecule has 7 nitrogen and oxygen atoms in total. The van der Waals surface area contributed by atoms with Gasteiger partial charge in [0.1, 0.15) is 11.6 Å². The summed E-state index contributed by atoms with van der Waals surface area (Å²) in [6, 6.07) is 14.6. The Morgan fingerprint density at radius 2 is 1.83 bits per heavy atom. The number of rotatable bonds is 6. The summed E-state index contributed by atoms with van der Waals surface area (Å²) in [5, 5.41) is 9.19. The monoisotopic (exact) mass is 403 g/mol. The number of nitriles is 1. The molecule has 0 fully saturated rings. The molecule has 30 heavy (non-hydrogen) atoms. The Balaban J connectivity index is 1.94. The van der Waals surface area contributed by atoms with Gasteiger partial charge in [-0.2, -0.15) is 5.26 Å². The van der Waals surface area contributed by atoms with Crippen LogP contribution in [0.15, 0.2) is 53.5 Å². The highest BCUT2D eigenvalue weighted by Gasteiger charge is 2.19. The maximum absolute atomic E-state index is 13.0. The summed E-state index contributed by atoms with van der Waals surface area (Å²) in [6.45, 7) is 4.12. The highest BCUT2D eigenvalue weighted by Crippen LogP contribution is 2.18. The van der Waals surface area contributed by atoms with Crippen molar-refractivity contribution >= 4 is 11.8 Å². The van der Waals surface area contributed by atoms with Gasteiger partial charge in [0, 0.05) is 29.7 Å². The Morgan fingerprint density at radius 3 is 2.47 bits per heavy atom. The molecule has 0 saturated carbocycles. The lowest BCUT2D eigenvalue weighted by Crippen LogP contribution is -2.27. The fourth-order valence-corrected chi connectivity index (χ4v) is 3.40. The van der Waals surface area contributed by atoms with Gasteiger partial charge in [-0.1, -0.05) is 30.3 Å². The molecule has 0 atom stereocenters. The van der Waals surface area contributed by atoms with Crippen LogP contribution in [0, 0.1) is 25.2 Å². The van der Waals surface area contributed by atoms with Crippen molar-refractivity contribution in [1.82, 2.24) is 9.13 Å². The van der Waals surface area contributed by atoms with Gasteiger partial charge in [-0.05, 0) is 31.5 Å². The largest absolute Gasteiger partial charge is 0.465 e. The molecule has 0 bridgehead atoms. The number of carbonyl (C=O) groups is 2. The van der Waals surface area contributed by atoms with Crippen LogP contribution in [-0.2, 0) is 17.8 Å². The minimum atomic E-state index is -0.686. The van der Waals surface area contributed by atoms with Crippen LogP contribution in [0.25, 0.3) is 0 Å². The molecule has 0 aliphatic heterocycles. The molecule has 2 aromatic heterocycles. The van der Waals surface area contributed by atoms with Crippen LogP contribution in [0.4, 0.5) is 0 Å². The van der Waals surface area contributed by atoms with E-state index in [4.69, 9.17) is 0 Å². The summed E-state index contributed by atoms with van der Waals surface area (Å²) < 4.78 is 7.78. The number of pyridine rings is 1. The maximum Gasteiger partial charge on any atom is 0.339 e. The van der Waals surface area contributed by atoms with E-state index in [9.17, 15) is 19.6 Å². The van der Waals surface area contributed by atoms with Gasteiger partial charge < -0.3 is 13.9 Å². The van der Waals surface area contributed by atoms with E-state index in [-0.39, 0.29) is 23.5 Å². The highest BCUT2D eigenvalue weighted by atomic mass is 16.5. The lowest BCUT2D eigenvalue weighted by atomic mass is 10.1. The molecule has 0 N–H and O–H groups in total. The van der Waals surface area contributed by atoms with Crippen molar-refractivity contribution in [3.8, 4) is 6.07 Å². The van der Waals surface area contributed by atoms with Crippen LogP contribution in [-0.4, -0.2) is 28.0 Å². The zero-order valence-corrected chi connectivity index (χ0v) is 17.0. The summed E-state index contributed by atoms with van der Waals surface area (Å²) in [4.78, 5) is 37.3. The normalized spacial score (nSPS) is 10.5. The van der Waals surface area contributed by atoms with E-state index in [0.717, 1.165) is 21.5 Å². The maximum atomic E-state index is 13.0. The molecule has 0 aliphatic rings. The number of carbonyl (C=O) groups excluding carboxylic acids is 2. The van der Waals surface area contributed by atoms with E-state index in [1.165, 1.54) is 19.4 Å². The summed E-state index contributed by atoms with van der Waals surface area (Å²) in [5.74, 6) is -0.968. The number of esters is 1. The van der Waals surface area contributed by atoms with E-state index in [1.807, 2.05) is 48.7 Å². The molecule has 7 heteroatoms. The average Bonchev–Trinajstić information content (AvgIpc) is 3.03. The molecular weight excluding hydrogens is 382 g/mol. The molecule has 0 spiro atoms. The SMILES string of the molecule is COC(=O)c1cc(C#N)c(=O)n(CC(=O)c2cc(C)n(Cc3ccccc3)c2C)c1. The topological polar surface area (TPSA) is 94.1 Å². The molecule has 0 aliphatic carbocycles. The number of methoxy groups -OCH3 is 1. The molecule has 1 aromatic carbocycles. The molecule has 2 heterocycles. The fourth-order valence-electron chi connectivity index (χ4n) is 3.40. The van der Waals surface area contributed by atoms with Crippen LogP contribution in [0.5, 0.6) is 0 Å². The van der Waals surface area contributed by atoms with E-state index in [2.05, 4.69) is 4.74 Å². The number of ether oxygens (including phenoxy) is 1. The second kappa shape index (κ2) is 8.62. The van der Waals surface area contributed by atoms with Gasteiger partial charge in [0.15, 0.2) is 5.78 Å². The lowest BCUT2D eigenvalue weighted by molar-refractivity contribution is 0.0599. The highest BCUT2D eigenvalue weighted by molar-refractivity contribution is 5.97. The first-order valence-electron chi connectivity index (χ1n) is 9.32. The van der Waals surface area contributed by atoms with Gasteiger partial charge in [-0.15, -0.1) is 0 Å². The average molecular weight is 403 g/mol. The smallest absolute Gasteiger partial charge is 0.339 e. The van der Waals surface area contributed by atoms with Crippen LogP contribution < -0.4 is 5.56 Å². The predicted octanol–water partition coefficient (Wildman–Crippen LogP) is 2.86. The Bertz CT molecular complexity index is 1210. The van der Waals surface area contributed by atoms with Gasteiger partial charge in [-0.25, -0.2) is 4.79 Å². The molecule has 0 unspecified atom stereocenters. The Hall–Kier alpha value is -3.92. The van der Waals surface area contributed by atoms with Gasteiger partial charge >= 0.3 is 5.97 Å². The van der Waals surface area contributed by atoms with Crippen molar-refractivity contribution in [2.75, 3.05) is 7.11 Å². The van der Waals surface area contributed by atoms with Crippen LogP contribution in [0.1, 0.15) is 43.2 Å². The lowest BCUT2D eigenvalue weighted by Gasteiger charge is -2.11. The second-order valence-corrected chi connectivity index (χ2v) is 6.96. The predicted molar refractivity (Wildman–Crippen MR) is 111 cm³/mol. The summed E-state index contributed by atoms with van der Waals surface area (Å²) >= 11 is 0. The molecule has 0 radical (unpaired) electrons. The summed E-state index contributed by atoms with van der Waals surface area (Å²) in [5.41, 5.74) is 2.51. The molecule has 152 valence electrons. The number of aromatic nitrogens is 2. The third-order valence-electron chi connectivity index (χ3n) is 5.00. The minimum Gasteiger partial charge on any atom is -0.465 e. The molecule has 3 rings (SSSR count). The van der Waals surface area contributed by atoms with Crippen LogP contribution in [0.2, 0.25) is 0 Å². The van der Waals surface area contributed by atoms with Gasteiger partial charge in [0.05, 0.1) is 19.2 Å². The van der Waals surface area contributed by atoms with E-state index >= 15 is 0 Å². The number of aryl methyl sites for hydroxylation is 1. The second-order valence-electron chi connectivity index (χ2n) is 6.96. The first-order chi connectivity index (χ1) is 14.3. The summed E-state index contributed by atoms with van der Waals surface area (Å²) in [7, 11) is 1.20. The minimum absolute atomic E-state index is 0.0380. The van der Waals surface area contributed by atoms with Gasteiger partial charge in [0.25, 0.3) is 5.56 Å². The van der Waals surface area contributed by atoms with Gasteiger partial charge in [0.2, 0.25) is 0 Å². The quantitative estimate of drug-likeness (QED) is 0.466. The Morgan fingerprint density at radius 1 is 1.13 bits per heavy atom. The van der Waals surface area contributed by atoms with Crippen molar-refractivity contribution in [1.29, 1.82) is 5.26 Å². The van der Waals surface area contributed by atoms with Gasteiger partial charge in [-0.3, -0.25) is 9.59 Å². The molecule has 0 amide bonds. The van der Waals surface area contributed by atoms with E-state index in [0.29, 0.717) is 12.1 Å². The zero-order chi connectivity index (χ0) is 21.8.